The standard InChI is InChI=1S/C24H19NO/c1-25-22(17-15-21-8-5-9-23(26)24(21)25)16-12-18-10-13-20(14-11-18)19-6-3-2-4-7-19/h2-17,26H,1H2/b16-12+. The van der Waals surface area contributed by atoms with Crippen molar-refractivity contribution in [1.82, 2.24) is 0 Å². The lowest BCUT2D eigenvalue weighted by molar-refractivity contribution is -0.586. The fraction of sp³-hybridized carbons (Fsp3) is 0. The number of pyridine rings is 1. The summed E-state index contributed by atoms with van der Waals surface area (Å²) in [5.41, 5.74) is 5.18. The molecule has 1 aromatic heterocycles. The lowest BCUT2D eigenvalue weighted by Gasteiger charge is -2.09. The summed E-state index contributed by atoms with van der Waals surface area (Å²) in [5, 5.41) is 11.1. The summed E-state index contributed by atoms with van der Waals surface area (Å²) in [5.74, 6) is 0.236. The van der Waals surface area contributed by atoms with Gasteiger partial charge in [0.2, 0.25) is 0 Å². The minimum absolute atomic E-state index is 0.236. The fourth-order valence-corrected chi connectivity index (χ4v) is 3.12. The van der Waals surface area contributed by atoms with Crippen LogP contribution in [-0.4, -0.2) is 5.11 Å². The first-order valence-electron chi connectivity index (χ1n) is 8.53. The molecule has 2 heteroatoms. The van der Waals surface area contributed by atoms with Crippen molar-refractivity contribution in [2.24, 2.45) is 0 Å². The minimum Gasteiger partial charge on any atom is -0.514 e. The summed E-state index contributed by atoms with van der Waals surface area (Å²) in [6.45, 7) is 0. The van der Waals surface area contributed by atoms with E-state index in [2.05, 4.69) is 49.5 Å². The number of rotatable bonds is 3. The maximum absolute atomic E-state index is 10.1. The SMILES string of the molecule is [CH2-][n+]1c(/C=C/c2ccc(-c3ccccc3)cc2)ccc2cccc(O)c21. The number of hydrogen-bond donors (Lipinski definition) is 1. The third-order valence-corrected chi connectivity index (χ3v) is 4.53. The van der Waals surface area contributed by atoms with E-state index in [9.17, 15) is 5.11 Å². The summed E-state index contributed by atoms with van der Waals surface area (Å²) in [6, 6.07) is 28.3. The number of phenolic OH excluding ortho intramolecular Hbond substituents is 1. The first-order chi connectivity index (χ1) is 12.7. The van der Waals surface area contributed by atoms with Crippen molar-refractivity contribution in [2.75, 3.05) is 0 Å². The van der Waals surface area contributed by atoms with Crippen molar-refractivity contribution in [3.8, 4) is 16.9 Å². The molecule has 0 unspecified atom stereocenters. The Kier molecular flexibility index (Phi) is 4.16. The highest BCUT2D eigenvalue weighted by atomic mass is 16.3. The fourth-order valence-electron chi connectivity index (χ4n) is 3.12. The second kappa shape index (κ2) is 6.77. The smallest absolute Gasteiger partial charge is 0.154 e. The van der Waals surface area contributed by atoms with Gasteiger partial charge in [-0.2, -0.15) is 0 Å². The van der Waals surface area contributed by atoms with E-state index in [4.69, 9.17) is 0 Å². The molecule has 1 heterocycles. The number of para-hydroxylation sites is 1. The zero-order valence-corrected chi connectivity index (χ0v) is 14.3. The van der Waals surface area contributed by atoms with Gasteiger partial charge in [0.05, 0.1) is 0 Å². The molecule has 0 saturated heterocycles. The number of aromatic nitrogens is 1. The Morgan fingerprint density at radius 1 is 0.692 bits per heavy atom. The highest BCUT2D eigenvalue weighted by Gasteiger charge is 2.05. The molecule has 0 aliphatic heterocycles. The van der Waals surface area contributed by atoms with Gasteiger partial charge in [0, 0.05) is 7.05 Å². The van der Waals surface area contributed by atoms with E-state index in [1.165, 1.54) is 11.1 Å². The Labute approximate surface area is 153 Å². The van der Waals surface area contributed by atoms with E-state index in [1.807, 2.05) is 48.5 Å². The molecule has 126 valence electrons. The molecule has 1 N–H and O–H groups in total. The van der Waals surface area contributed by atoms with Crippen LogP contribution >= 0.6 is 0 Å². The first-order valence-corrected chi connectivity index (χ1v) is 8.53. The zero-order valence-electron chi connectivity index (χ0n) is 14.3. The molecule has 0 radical (unpaired) electrons. The topological polar surface area (TPSA) is 24.1 Å². The van der Waals surface area contributed by atoms with Crippen LogP contribution in [0.25, 0.3) is 34.2 Å². The summed E-state index contributed by atoms with van der Waals surface area (Å²) in [6.07, 6.45) is 4.06. The molecule has 0 atom stereocenters. The maximum atomic E-state index is 10.1. The van der Waals surface area contributed by atoms with E-state index in [0.717, 1.165) is 22.2 Å². The predicted molar refractivity (Wildman–Crippen MR) is 107 cm³/mol. The number of hydrogen-bond acceptors (Lipinski definition) is 1. The number of phenols is 1. The number of benzene rings is 3. The number of nitrogens with zero attached hydrogens (tertiary/aromatic N) is 1. The molecule has 0 aliphatic carbocycles. The van der Waals surface area contributed by atoms with Gasteiger partial charge in [0.25, 0.3) is 0 Å². The van der Waals surface area contributed by atoms with Crippen LogP contribution in [0.3, 0.4) is 0 Å². The number of fused-ring (bicyclic) bond motifs is 1. The lowest BCUT2D eigenvalue weighted by Crippen LogP contribution is -2.30. The van der Waals surface area contributed by atoms with Gasteiger partial charge in [-0.3, -0.25) is 0 Å². The zero-order chi connectivity index (χ0) is 17.9. The molecular weight excluding hydrogens is 318 g/mol. The molecule has 4 rings (SSSR count). The largest absolute Gasteiger partial charge is 0.514 e. The maximum Gasteiger partial charge on any atom is 0.154 e. The monoisotopic (exact) mass is 337 g/mol. The van der Waals surface area contributed by atoms with Crippen LogP contribution in [-0.2, 0) is 0 Å². The normalized spacial score (nSPS) is 11.2. The predicted octanol–water partition coefficient (Wildman–Crippen LogP) is 5.31. The van der Waals surface area contributed by atoms with E-state index in [1.54, 1.807) is 10.6 Å². The van der Waals surface area contributed by atoms with Crippen LogP contribution in [0.5, 0.6) is 5.75 Å². The Bertz CT molecular complexity index is 1080. The van der Waals surface area contributed by atoms with Crippen molar-refractivity contribution in [3.05, 3.63) is 103 Å². The van der Waals surface area contributed by atoms with E-state index < -0.39 is 0 Å². The molecular formula is C24H19NO. The molecule has 4 aromatic rings. The van der Waals surface area contributed by atoms with Crippen LogP contribution in [0.15, 0.2) is 84.9 Å². The third kappa shape index (κ3) is 3.05. The van der Waals surface area contributed by atoms with Crippen LogP contribution < -0.4 is 4.57 Å². The van der Waals surface area contributed by atoms with Gasteiger partial charge in [-0.1, -0.05) is 78.9 Å². The Balaban J connectivity index is 1.63. The van der Waals surface area contributed by atoms with Crippen molar-refractivity contribution in [3.63, 3.8) is 0 Å². The van der Waals surface area contributed by atoms with Gasteiger partial charge in [0.1, 0.15) is 11.4 Å². The van der Waals surface area contributed by atoms with Crippen LogP contribution in [0.1, 0.15) is 11.3 Å². The van der Waals surface area contributed by atoms with Crippen molar-refractivity contribution in [1.29, 1.82) is 0 Å². The summed E-state index contributed by atoms with van der Waals surface area (Å²) < 4.78 is 1.76. The lowest BCUT2D eigenvalue weighted by atomic mass is 10.0. The van der Waals surface area contributed by atoms with Crippen LogP contribution in [0.4, 0.5) is 0 Å². The summed E-state index contributed by atoms with van der Waals surface area (Å²) in [4.78, 5) is 0. The van der Waals surface area contributed by atoms with Gasteiger partial charge in [-0.05, 0) is 40.3 Å². The van der Waals surface area contributed by atoms with Crippen LogP contribution in [0, 0.1) is 7.05 Å². The van der Waals surface area contributed by atoms with Crippen molar-refractivity contribution >= 4 is 23.1 Å². The summed E-state index contributed by atoms with van der Waals surface area (Å²) >= 11 is 0. The highest BCUT2D eigenvalue weighted by molar-refractivity contribution is 5.82. The second-order valence-electron chi connectivity index (χ2n) is 6.22. The Morgan fingerprint density at radius 2 is 1.42 bits per heavy atom. The molecule has 2 nitrogen and oxygen atoms in total. The number of aromatic hydroxyl groups is 1. The van der Waals surface area contributed by atoms with E-state index >= 15 is 0 Å². The van der Waals surface area contributed by atoms with Gasteiger partial charge in [0.15, 0.2) is 5.52 Å². The van der Waals surface area contributed by atoms with Gasteiger partial charge in [-0.25, -0.2) is 0 Å². The Morgan fingerprint density at radius 3 is 2.19 bits per heavy atom. The molecule has 0 aliphatic rings. The minimum atomic E-state index is 0.236. The van der Waals surface area contributed by atoms with Crippen LogP contribution in [0.2, 0.25) is 0 Å². The molecule has 0 spiro atoms. The molecule has 0 fully saturated rings. The van der Waals surface area contributed by atoms with Gasteiger partial charge >= 0.3 is 0 Å². The van der Waals surface area contributed by atoms with Gasteiger partial charge < -0.3 is 9.67 Å². The highest BCUT2D eigenvalue weighted by Crippen LogP contribution is 2.22. The van der Waals surface area contributed by atoms with E-state index in [-0.39, 0.29) is 5.75 Å². The molecule has 0 saturated carbocycles. The van der Waals surface area contributed by atoms with Crippen molar-refractivity contribution < 1.29 is 9.67 Å². The second-order valence-corrected chi connectivity index (χ2v) is 6.22. The third-order valence-electron chi connectivity index (χ3n) is 4.53. The van der Waals surface area contributed by atoms with E-state index in [0.29, 0.717) is 0 Å². The molecule has 3 aromatic carbocycles. The average Bonchev–Trinajstić information content (AvgIpc) is 2.69. The van der Waals surface area contributed by atoms with Gasteiger partial charge in [-0.15, -0.1) is 0 Å². The average molecular weight is 337 g/mol. The summed E-state index contributed by atoms with van der Waals surface area (Å²) in [7, 11) is 4.08. The van der Waals surface area contributed by atoms with Crippen molar-refractivity contribution in [2.45, 2.75) is 0 Å². The Hall–Kier alpha value is -3.52. The molecule has 26 heavy (non-hydrogen) atoms. The molecule has 0 bridgehead atoms. The quantitative estimate of drug-likeness (QED) is 0.397. The first kappa shape index (κ1) is 16.0. The molecule has 0 amide bonds.